The highest BCUT2D eigenvalue weighted by Crippen LogP contribution is 2.20. The minimum atomic E-state index is -3.41. The Hall–Kier alpha value is -2.49. The van der Waals surface area contributed by atoms with Crippen molar-refractivity contribution in [1.29, 1.82) is 0 Å². The quantitative estimate of drug-likeness (QED) is 0.546. The van der Waals surface area contributed by atoms with Crippen LogP contribution in [-0.2, 0) is 34.2 Å². The molecule has 1 aliphatic heterocycles. The summed E-state index contributed by atoms with van der Waals surface area (Å²) in [5.74, 6) is 0. The summed E-state index contributed by atoms with van der Waals surface area (Å²) in [6, 6.07) is 10.1. The SMILES string of the molecule is CN(Cc1ccc(-n2cccn2)cc1)Cc1cnc(S(C)(=O)=O)n1CC1CCCO1. The first-order chi connectivity index (χ1) is 14.4. The molecule has 0 spiro atoms. The zero-order valence-electron chi connectivity index (χ0n) is 17.3. The average molecular weight is 430 g/mol. The summed E-state index contributed by atoms with van der Waals surface area (Å²) in [5, 5.41) is 4.36. The third-order valence-electron chi connectivity index (χ3n) is 5.23. The second-order valence-corrected chi connectivity index (χ2v) is 9.75. The highest BCUT2D eigenvalue weighted by atomic mass is 32.2. The molecular weight excluding hydrogens is 402 g/mol. The van der Waals surface area contributed by atoms with Gasteiger partial charge in [-0.2, -0.15) is 5.10 Å². The molecule has 0 bridgehead atoms. The van der Waals surface area contributed by atoms with Crippen LogP contribution < -0.4 is 0 Å². The number of benzene rings is 1. The van der Waals surface area contributed by atoms with Crippen molar-refractivity contribution >= 4 is 9.84 Å². The van der Waals surface area contributed by atoms with Gasteiger partial charge in [0.15, 0.2) is 0 Å². The number of ether oxygens (including phenoxy) is 1. The van der Waals surface area contributed by atoms with E-state index in [1.807, 2.05) is 40.7 Å². The maximum absolute atomic E-state index is 12.2. The van der Waals surface area contributed by atoms with Gasteiger partial charge in [0.05, 0.1) is 30.2 Å². The number of rotatable bonds is 8. The van der Waals surface area contributed by atoms with Crippen molar-refractivity contribution in [2.45, 2.75) is 43.7 Å². The van der Waals surface area contributed by atoms with Gasteiger partial charge in [0, 0.05) is 38.3 Å². The molecular formula is C21H27N5O3S. The van der Waals surface area contributed by atoms with Crippen LogP contribution in [0.5, 0.6) is 0 Å². The molecule has 160 valence electrons. The number of imidazole rings is 1. The van der Waals surface area contributed by atoms with Crippen LogP contribution in [0.3, 0.4) is 0 Å². The predicted octanol–water partition coefficient (Wildman–Crippen LogP) is 2.28. The summed E-state index contributed by atoms with van der Waals surface area (Å²) in [4.78, 5) is 6.36. The Bertz CT molecular complexity index is 1070. The van der Waals surface area contributed by atoms with E-state index in [9.17, 15) is 8.42 Å². The van der Waals surface area contributed by atoms with Crippen LogP contribution in [0.2, 0.25) is 0 Å². The van der Waals surface area contributed by atoms with Crippen molar-refractivity contribution in [2.75, 3.05) is 19.9 Å². The summed E-state index contributed by atoms with van der Waals surface area (Å²) >= 11 is 0. The molecule has 30 heavy (non-hydrogen) atoms. The molecule has 3 aromatic rings. The second kappa shape index (κ2) is 8.71. The van der Waals surface area contributed by atoms with Gasteiger partial charge < -0.3 is 9.30 Å². The third kappa shape index (κ3) is 4.80. The monoisotopic (exact) mass is 429 g/mol. The minimum Gasteiger partial charge on any atom is -0.376 e. The first-order valence-electron chi connectivity index (χ1n) is 10.0. The lowest BCUT2D eigenvalue weighted by atomic mass is 10.2. The first-order valence-corrected chi connectivity index (χ1v) is 11.9. The maximum Gasteiger partial charge on any atom is 0.227 e. The van der Waals surface area contributed by atoms with Gasteiger partial charge in [-0.15, -0.1) is 0 Å². The van der Waals surface area contributed by atoms with E-state index in [4.69, 9.17) is 4.74 Å². The fourth-order valence-corrected chi connectivity index (χ4v) is 4.66. The Kier molecular flexibility index (Phi) is 6.03. The standard InChI is InChI=1S/C21H27N5O3S/c1-24(14-17-6-8-18(9-7-17)26-11-4-10-23-26)15-19-13-22-21(30(2,27)28)25(19)16-20-5-3-12-29-20/h4,6-11,13,20H,3,5,12,14-16H2,1-2H3. The predicted molar refractivity (Wildman–Crippen MR) is 113 cm³/mol. The van der Waals surface area contributed by atoms with E-state index < -0.39 is 9.84 Å². The van der Waals surface area contributed by atoms with Crippen molar-refractivity contribution < 1.29 is 13.2 Å². The molecule has 3 heterocycles. The van der Waals surface area contributed by atoms with Crippen molar-refractivity contribution in [3.05, 3.63) is 60.2 Å². The summed E-state index contributed by atoms with van der Waals surface area (Å²) < 4.78 is 33.8. The van der Waals surface area contributed by atoms with E-state index in [1.54, 1.807) is 12.4 Å². The number of sulfone groups is 1. The first kappa shape index (κ1) is 20.8. The average Bonchev–Trinajstić information content (AvgIpc) is 3.45. The summed E-state index contributed by atoms with van der Waals surface area (Å²) in [5.41, 5.74) is 3.06. The van der Waals surface area contributed by atoms with E-state index in [1.165, 1.54) is 11.8 Å². The number of hydrogen-bond donors (Lipinski definition) is 0. The zero-order valence-corrected chi connectivity index (χ0v) is 18.1. The molecule has 1 unspecified atom stereocenters. The largest absolute Gasteiger partial charge is 0.376 e. The molecule has 1 atom stereocenters. The normalized spacial score (nSPS) is 17.1. The molecule has 0 saturated carbocycles. The molecule has 0 radical (unpaired) electrons. The van der Waals surface area contributed by atoms with Gasteiger partial charge in [0.25, 0.3) is 0 Å². The van der Waals surface area contributed by atoms with Gasteiger partial charge in [-0.05, 0) is 43.7 Å². The lowest BCUT2D eigenvalue weighted by molar-refractivity contribution is 0.0934. The van der Waals surface area contributed by atoms with Crippen molar-refractivity contribution in [3.63, 3.8) is 0 Å². The van der Waals surface area contributed by atoms with E-state index in [2.05, 4.69) is 27.1 Å². The van der Waals surface area contributed by atoms with Gasteiger partial charge in [-0.3, -0.25) is 4.90 Å². The van der Waals surface area contributed by atoms with Gasteiger partial charge in [-0.1, -0.05) is 12.1 Å². The summed E-state index contributed by atoms with van der Waals surface area (Å²) in [7, 11) is -1.39. The van der Waals surface area contributed by atoms with Crippen LogP contribution in [0.1, 0.15) is 24.1 Å². The van der Waals surface area contributed by atoms with E-state index in [-0.39, 0.29) is 11.3 Å². The van der Waals surface area contributed by atoms with Gasteiger partial charge in [0.2, 0.25) is 15.0 Å². The lowest BCUT2D eigenvalue weighted by Crippen LogP contribution is -2.24. The number of nitrogens with zero attached hydrogens (tertiary/aromatic N) is 5. The fraction of sp³-hybridized carbons (Fsp3) is 0.429. The number of hydrogen-bond acceptors (Lipinski definition) is 6. The second-order valence-electron chi connectivity index (χ2n) is 7.84. The smallest absolute Gasteiger partial charge is 0.227 e. The van der Waals surface area contributed by atoms with Crippen molar-refractivity contribution in [1.82, 2.24) is 24.2 Å². The van der Waals surface area contributed by atoms with E-state index >= 15 is 0 Å². The van der Waals surface area contributed by atoms with Crippen LogP contribution in [-0.4, -0.2) is 58.7 Å². The van der Waals surface area contributed by atoms with Crippen molar-refractivity contribution in [3.8, 4) is 5.69 Å². The van der Waals surface area contributed by atoms with Gasteiger partial charge in [0.1, 0.15) is 0 Å². The van der Waals surface area contributed by atoms with Crippen LogP contribution in [0.15, 0.2) is 54.1 Å². The van der Waals surface area contributed by atoms with E-state index in [0.717, 1.165) is 37.4 Å². The molecule has 4 rings (SSSR count). The molecule has 1 aliphatic rings. The molecule has 1 fully saturated rings. The van der Waals surface area contributed by atoms with E-state index in [0.29, 0.717) is 13.1 Å². The molecule has 0 amide bonds. The summed E-state index contributed by atoms with van der Waals surface area (Å²) in [6.07, 6.45) is 8.54. The molecule has 0 N–H and O–H groups in total. The van der Waals surface area contributed by atoms with Crippen LogP contribution >= 0.6 is 0 Å². The molecule has 2 aromatic heterocycles. The third-order valence-corrected chi connectivity index (χ3v) is 6.22. The Morgan fingerprint density at radius 3 is 2.67 bits per heavy atom. The van der Waals surface area contributed by atoms with Gasteiger partial charge in [-0.25, -0.2) is 18.1 Å². The molecule has 8 nitrogen and oxygen atoms in total. The van der Waals surface area contributed by atoms with Crippen LogP contribution in [0.25, 0.3) is 5.69 Å². The lowest BCUT2D eigenvalue weighted by Gasteiger charge is -2.20. The zero-order chi connectivity index (χ0) is 21.1. The van der Waals surface area contributed by atoms with Gasteiger partial charge >= 0.3 is 0 Å². The summed E-state index contributed by atoms with van der Waals surface area (Å²) in [6.45, 7) is 2.58. The minimum absolute atomic E-state index is 0.0404. The highest BCUT2D eigenvalue weighted by molar-refractivity contribution is 7.90. The Labute approximate surface area is 177 Å². The Morgan fingerprint density at radius 1 is 1.23 bits per heavy atom. The van der Waals surface area contributed by atoms with Crippen LogP contribution in [0.4, 0.5) is 0 Å². The molecule has 1 aromatic carbocycles. The Morgan fingerprint density at radius 2 is 2.03 bits per heavy atom. The van der Waals surface area contributed by atoms with Crippen LogP contribution in [0, 0.1) is 0 Å². The molecule has 1 saturated heterocycles. The highest BCUT2D eigenvalue weighted by Gasteiger charge is 2.24. The molecule has 0 aliphatic carbocycles. The number of aromatic nitrogens is 4. The Balaban J connectivity index is 1.47. The van der Waals surface area contributed by atoms with Crippen molar-refractivity contribution in [2.24, 2.45) is 0 Å². The molecule has 9 heteroatoms. The fourth-order valence-electron chi connectivity index (χ4n) is 3.82. The maximum atomic E-state index is 12.2. The topological polar surface area (TPSA) is 82.3 Å².